The minimum atomic E-state index is -3.75. The van der Waals surface area contributed by atoms with Gasteiger partial charge in [-0.3, -0.25) is 14.8 Å². The van der Waals surface area contributed by atoms with Gasteiger partial charge in [0.15, 0.2) is 5.13 Å². The first-order valence-electron chi connectivity index (χ1n) is 9.97. The Labute approximate surface area is 196 Å². The van der Waals surface area contributed by atoms with Gasteiger partial charge in [0.05, 0.1) is 17.7 Å². The number of amides is 1. The third-order valence-electron chi connectivity index (χ3n) is 4.81. The van der Waals surface area contributed by atoms with E-state index >= 15 is 0 Å². The minimum absolute atomic E-state index is 0.143. The zero-order chi connectivity index (χ0) is 23.4. The van der Waals surface area contributed by atoms with E-state index in [1.165, 1.54) is 29.5 Å². The summed E-state index contributed by atoms with van der Waals surface area (Å²) in [7, 11) is -2.14. The van der Waals surface area contributed by atoms with Crippen molar-refractivity contribution in [1.29, 1.82) is 0 Å². The number of carbonyl (C=O) groups excluding carboxylic acids is 1. The SMILES string of the molecule is COc1ccc(-c2nc(NC(=O)c3cccc(NS(=O)(=O)c4ccccc4)c3)sc2C)cc1. The molecule has 0 aliphatic rings. The van der Waals surface area contributed by atoms with Crippen LogP contribution in [0.1, 0.15) is 15.2 Å². The number of aromatic nitrogens is 1. The fraction of sp³-hybridized carbons (Fsp3) is 0.0833. The number of nitrogens with one attached hydrogen (secondary N) is 2. The number of ether oxygens (including phenoxy) is 1. The average Bonchev–Trinajstić information content (AvgIpc) is 3.19. The van der Waals surface area contributed by atoms with Crippen molar-refractivity contribution in [2.45, 2.75) is 11.8 Å². The molecule has 0 unspecified atom stereocenters. The van der Waals surface area contributed by atoms with Gasteiger partial charge in [0.25, 0.3) is 15.9 Å². The van der Waals surface area contributed by atoms with Crippen LogP contribution < -0.4 is 14.8 Å². The first kappa shape index (κ1) is 22.5. The molecule has 1 heterocycles. The van der Waals surface area contributed by atoms with E-state index in [1.807, 2.05) is 31.2 Å². The van der Waals surface area contributed by atoms with Gasteiger partial charge in [-0.25, -0.2) is 13.4 Å². The summed E-state index contributed by atoms with van der Waals surface area (Å²) in [6, 6.07) is 21.9. The number of hydrogen-bond donors (Lipinski definition) is 2. The largest absolute Gasteiger partial charge is 0.497 e. The van der Waals surface area contributed by atoms with Crippen LogP contribution in [0, 0.1) is 6.92 Å². The number of sulfonamides is 1. The number of rotatable bonds is 7. The van der Waals surface area contributed by atoms with Crippen LogP contribution in [0.5, 0.6) is 5.75 Å². The van der Waals surface area contributed by atoms with Gasteiger partial charge in [-0.1, -0.05) is 24.3 Å². The van der Waals surface area contributed by atoms with Crippen LogP contribution in [0.3, 0.4) is 0 Å². The molecule has 4 aromatic rings. The molecule has 0 aliphatic heterocycles. The maximum atomic E-state index is 12.8. The second-order valence-corrected chi connectivity index (χ2v) is 9.99. The molecule has 7 nitrogen and oxygen atoms in total. The lowest BCUT2D eigenvalue weighted by atomic mass is 10.1. The maximum Gasteiger partial charge on any atom is 0.261 e. The van der Waals surface area contributed by atoms with Gasteiger partial charge < -0.3 is 4.74 Å². The molecule has 4 rings (SSSR count). The highest BCUT2D eigenvalue weighted by Crippen LogP contribution is 2.31. The number of anilines is 2. The van der Waals surface area contributed by atoms with Gasteiger partial charge in [0, 0.05) is 21.7 Å². The minimum Gasteiger partial charge on any atom is -0.497 e. The molecule has 0 atom stereocenters. The topological polar surface area (TPSA) is 97.4 Å². The van der Waals surface area contributed by atoms with Crippen LogP contribution in [-0.2, 0) is 10.0 Å². The third kappa shape index (κ3) is 5.21. The van der Waals surface area contributed by atoms with Crippen molar-refractivity contribution in [3.8, 4) is 17.0 Å². The summed E-state index contributed by atoms with van der Waals surface area (Å²) >= 11 is 1.37. The molecule has 3 aromatic carbocycles. The van der Waals surface area contributed by atoms with Crippen molar-refractivity contribution in [1.82, 2.24) is 4.98 Å². The van der Waals surface area contributed by atoms with Crippen LogP contribution in [0.4, 0.5) is 10.8 Å². The van der Waals surface area contributed by atoms with Crippen molar-refractivity contribution in [3.05, 3.63) is 89.3 Å². The third-order valence-corrected chi connectivity index (χ3v) is 7.09. The summed E-state index contributed by atoms with van der Waals surface area (Å²) in [5, 5.41) is 3.26. The van der Waals surface area contributed by atoms with Crippen molar-refractivity contribution >= 4 is 38.1 Å². The van der Waals surface area contributed by atoms with Crippen molar-refractivity contribution in [3.63, 3.8) is 0 Å². The number of benzene rings is 3. The van der Waals surface area contributed by atoms with Gasteiger partial charge in [-0.15, -0.1) is 11.3 Å². The number of carbonyl (C=O) groups is 1. The van der Waals surface area contributed by atoms with E-state index in [0.29, 0.717) is 16.4 Å². The van der Waals surface area contributed by atoms with E-state index in [9.17, 15) is 13.2 Å². The summed E-state index contributed by atoms with van der Waals surface area (Å²) in [6.45, 7) is 1.94. The Kier molecular flexibility index (Phi) is 6.43. The predicted octanol–water partition coefficient (Wildman–Crippen LogP) is 5.18. The Hall–Kier alpha value is -3.69. The van der Waals surface area contributed by atoms with Crippen LogP contribution in [0.25, 0.3) is 11.3 Å². The molecular formula is C24H21N3O4S2. The normalized spacial score (nSPS) is 11.1. The molecule has 0 fully saturated rings. The monoisotopic (exact) mass is 479 g/mol. The molecule has 9 heteroatoms. The average molecular weight is 480 g/mol. The second kappa shape index (κ2) is 9.43. The highest BCUT2D eigenvalue weighted by atomic mass is 32.2. The van der Waals surface area contributed by atoms with Crippen LogP contribution in [0.2, 0.25) is 0 Å². The van der Waals surface area contributed by atoms with Gasteiger partial charge in [0.1, 0.15) is 5.75 Å². The Balaban J connectivity index is 1.50. The zero-order valence-electron chi connectivity index (χ0n) is 17.9. The van der Waals surface area contributed by atoms with Crippen molar-refractivity contribution < 1.29 is 17.9 Å². The van der Waals surface area contributed by atoms with E-state index in [4.69, 9.17) is 4.74 Å². The second-order valence-electron chi connectivity index (χ2n) is 7.11. The molecule has 0 aliphatic carbocycles. The van der Waals surface area contributed by atoms with E-state index < -0.39 is 10.0 Å². The van der Waals surface area contributed by atoms with Crippen LogP contribution in [-0.4, -0.2) is 26.4 Å². The Morgan fingerprint density at radius 3 is 2.39 bits per heavy atom. The van der Waals surface area contributed by atoms with Gasteiger partial charge in [0.2, 0.25) is 0 Å². The van der Waals surface area contributed by atoms with Crippen LogP contribution in [0.15, 0.2) is 83.8 Å². The van der Waals surface area contributed by atoms with Gasteiger partial charge >= 0.3 is 0 Å². The summed E-state index contributed by atoms with van der Waals surface area (Å²) in [6.07, 6.45) is 0. The lowest BCUT2D eigenvalue weighted by molar-refractivity contribution is 0.102. The number of aryl methyl sites for hydroxylation is 1. The fourth-order valence-corrected chi connectivity index (χ4v) is 5.07. The molecule has 1 amide bonds. The first-order chi connectivity index (χ1) is 15.9. The molecule has 0 bridgehead atoms. The summed E-state index contributed by atoms with van der Waals surface area (Å²) in [5.74, 6) is 0.369. The molecule has 0 spiro atoms. The lowest BCUT2D eigenvalue weighted by Crippen LogP contribution is -2.15. The molecule has 0 saturated heterocycles. The van der Waals surface area contributed by atoms with Crippen LogP contribution >= 0.6 is 11.3 Å². The van der Waals surface area contributed by atoms with Gasteiger partial charge in [-0.2, -0.15) is 0 Å². The number of hydrogen-bond acceptors (Lipinski definition) is 6. The molecule has 1 aromatic heterocycles. The summed E-state index contributed by atoms with van der Waals surface area (Å²) < 4.78 is 32.8. The quantitative estimate of drug-likeness (QED) is 0.381. The Morgan fingerprint density at radius 1 is 0.970 bits per heavy atom. The highest BCUT2D eigenvalue weighted by Gasteiger charge is 2.16. The fourth-order valence-electron chi connectivity index (χ4n) is 3.17. The molecule has 168 valence electrons. The zero-order valence-corrected chi connectivity index (χ0v) is 19.5. The standard InChI is InChI=1S/C24H21N3O4S2/c1-16-22(17-11-13-20(31-2)14-12-17)25-24(32-16)26-23(28)18-7-6-8-19(15-18)27-33(29,30)21-9-4-3-5-10-21/h3-15,27H,1-2H3,(H,25,26,28). The maximum absolute atomic E-state index is 12.8. The van der Waals surface area contributed by atoms with Crippen molar-refractivity contribution in [2.24, 2.45) is 0 Å². The Morgan fingerprint density at radius 2 is 1.70 bits per heavy atom. The van der Waals surface area contributed by atoms with E-state index in [-0.39, 0.29) is 10.8 Å². The molecular weight excluding hydrogens is 458 g/mol. The van der Waals surface area contributed by atoms with E-state index in [0.717, 1.165) is 21.9 Å². The lowest BCUT2D eigenvalue weighted by Gasteiger charge is -2.09. The first-order valence-corrected chi connectivity index (χ1v) is 12.3. The van der Waals surface area contributed by atoms with Crippen molar-refractivity contribution in [2.75, 3.05) is 17.1 Å². The van der Waals surface area contributed by atoms with Gasteiger partial charge in [-0.05, 0) is 61.5 Å². The predicted molar refractivity (Wildman–Crippen MR) is 130 cm³/mol. The smallest absolute Gasteiger partial charge is 0.261 e. The molecule has 2 N–H and O–H groups in total. The summed E-state index contributed by atoms with van der Waals surface area (Å²) in [4.78, 5) is 18.5. The number of nitrogens with zero attached hydrogens (tertiary/aromatic N) is 1. The molecule has 33 heavy (non-hydrogen) atoms. The van der Waals surface area contributed by atoms with E-state index in [1.54, 1.807) is 43.5 Å². The molecule has 0 saturated carbocycles. The summed E-state index contributed by atoms with van der Waals surface area (Å²) in [5.41, 5.74) is 2.30. The van der Waals surface area contributed by atoms with E-state index in [2.05, 4.69) is 15.0 Å². The number of methoxy groups -OCH3 is 1. The Bertz CT molecular complexity index is 1380. The highest BCUT2D eigenvalue weighted by molar-refractivity contribution is 7.92. The molecule has 0 radical (unpaired) electrons. The number of thiazole rings is 1.